The smallest absolute Gasteiger partial charge is 0.305 e. The molecule has 0 radical (unpaired) electrons. The molecule has 0 aliphatic carbocycles. The Morgan fingerprint density at radius 2 is 0.873 bits per heavy atom. The van der Waals surface area contributed by atoms with Crippen molar-refractivity contribution in [2.24, 2.45) is 0 Å². The summed E-state index contributed by atoms with van der Waals surface area (Å²) in [4.78, 5) is 23.8. The van der Waals surface area contributed by atoms with Crippen molar-refractivity contribution >= 4 is 43.3 Å². The van der Waals surface area contributed by atoms with E-state index in [0.717, 1.165) is 22.3 Å². The molecule has 2 heterocycles. The number of para-hydroxylation sites is 2. The molecule has 0 fully saturated rings. The standard InChI is InChI=1S/C21H18N2O4S.C21H17NO4S/c24-21(22-25)14-19-18-13-16(15-7-3-1-4-8-15)11-12-20(18)28(26,27)23(19)17-9-5-2-6-10-17;23-21(24)14-19-18-13-16(15-7-3-1-4-8-15)11-12-20(18)27(25,26)22(19)17-9-5-2-6-10-17/h1-13,19,25H,14H2,(H,22,24);1-13,19H,14H2,(H,23,24). The van der Waals surface area contributed by atoms with Gasteiger partial charge in [-0.05, 0) is 81.9 Å². The van der Waals surface area contributed by atoms with Gasteiger partial charge in [-0.25, -0.2) is 22.3 Å². The minimum Gasteiger partial charge on any atom is -0.481 e. The zero-order chi connectivity index (χ0) is 38.7. The van der Waals surface area contributed by atoms with Crippen LogP contribution in [-0.2, 0) is 29.6 Å². The third-order valence-corrected chi connectivity index (χ3v) is 13.3. The van der Waals surface area contributed by atoms with E-state index in [1.165, 1.54) is 8.61 Å². The Balaban J connectivity index is 0.000000169. The van der Waals surface area contributed by atoms with Crippen molar-refractivity contribution in [3.8, 4) is 22.3 Å². The average Bonchev–Trinajstić information content (AvgIpc) is 3.56. The van der Waals surface area contributed by atoms with Crippen molar-refractivity contribution < 1.29 is 36.7 Å². The molecular weight excluding hydrogens is 739 g/mol. The van der Waals surface area contributed by atoms with Gasteiger partial charge in [0.25, 0.3) is 20.0 Å². The van der Waals surface area contributed by atoms with E-state index < -0.39 is 44.0 Å². The first-order valence-corrected chi connectivity index (χ1v) is 20.1. The summed E-state index contributed by atoms with van der Waals surface area (Å²) in [6.07, 6.45) is -0.505. The fourth-order valence-corrected chi connectivity index (χ4v) is 10.8. The second kappa shape index (κ2) is 15.2. The largest absolute Gasteiger partial charge is 0.481 e. The van der Waals surface area contributed by atoms with Crippen molar-refractivity contribution in [2.75, 3.05) is 8.61 Å². The van der Waals surface area contributed by atoms with E-state index in [0.29, 0.717) is 22.5 Å². The summed E-state index contributed by atoms with van der Waals surface area (Å²) in [5.41, 5.74) is 7.20. The Labute approximate surface area is 318 Å². The van der Waals surface area contributed by atoms with Crippen molar-refractivity contribution in [1.82, 2.24) is 5.48 Å². The highest BCUT2D eigenvalue weighted by atomic mass is 32.2. The van der Waals surface area contributed by atoms with Crippen LogP contribution in [0.5, 0.6) is 0 Å². The lowest BCUT2D eigenvalue weighted by molar-refractivity contribution is -0.137. The Morgan fingerprint density at radius 1 is 0.509 bits per heavy atom. The van der Waals surface area contributed by atoms with E-state index in [1.807, 2.05) is 60.7 Å². The summed E-state index contributed by atoms with van der Waals surface area (Å²) in [6, 6.07) is 45.2. The SMILES string of the molecule is O=C(CC1c2cc(-c3ccccc3)ccc2S(=O)(=O)N1c1ccccc1)NO.O=C(O)CC1c2cc(-c3ccccc3)ccc2S(=O)(=O)N1c1ccccc1. The van der Waals surface area contributed by atoms with Gasteiger partial charge in [0.15, 0.2) is 0 Å². The second-order valence-electron chi connectivity index (χ2n) is 12.9. The van der Waals surface area contributed by atoms with Gasteiger partial charge in [-0.1, -0.05) is 109 Å². The number of carboxylic acid groups (broad SMARTS) is 1. The number of carbonyl (C=O) groups excluding carboxylic acids is 1. The molecule has 11 nitrogen and oxygen atoms in total. The summed E-state index contributed by atoms with van der Waals surface area (Å²) in [5, 5.41) is 18.4. The van der Waals surface area contributed by atoms with Crippen LogP contribution in [0, 0.1) is 0 Å². The minimum absolute atomic E-state index is 0.164. The molecule has 0 saturated heterocycles. The van der Waals surface area contributed by atoms with E-state index in [1.54, 1.807) is 103 Å². The quantitative estimate of drug-likeness (QED) is 0.105. The van der Waals surface area contributed by atoms with Crippen LogP contribution in [0.15, 0.2) is 168 Å². The zero-order valence-electron chi connectivity index (χ0n) is 29.1. The number of nitrogens with one attached hydrogen (secondary N) is 1. The number of anilines is 2. The van der Waals surface area contributed by atoms with Gasteiger partial charge in [0.05, 0.1) is 46.1 Å². The van der Waals surface area contributed by atoms with Crippen molar-refractivity contribution in [3.63, 3.8) is 0 Å². The number of sulfonamides is 2. The molecule has 1 amide bonds. The van der Waals surface area contributed by atoms with Gasteiger partial charge >= 0.3 is 5.97 Å². The number of hydroxylamine groups is 1. The summed E-state index contributed by atoms with van der Waals surface area (Å²) in [5.74, 6) is -1.70. The van der Waals surface area contributed by atoms with E-state index in [2.05, 4.69) is 0 Å². The van der Waals surface area contributed by atoms with Crippen LogP contribution in [0.4, 0.5) is 11.4 Å². The Hall–Kier alpha value is -6.28. The third-order valence-electron chi connectivity index (χ3n) is 9.48. The van der Waals surface area contributed by atoms with Gasteiger partial charge in [-0.15, -0.1) is 0 Å². The molecule has 55 heavy (non-hydrogen) atoms. The normalized spacial score (nSPS) is 17.3. The van der Waals surface area contributed by atoms with Crippen molar-refractivity contribution in [1.29, 1.82) is 0 Å². The number of carbonyl (C=O) groups is 2. The van der Waals surface area contributed by atoms with Gasteiger partial charge in [-0.3, -0.25) is 23.4 Å². The Kier molecular flexibility index (Phi) is 10.3. The molecule has 2 aliphatic heterocycles. The predicted molar refractivity (Wildman–Crippen MR) is 208 cm³/mol. The topological polar surface area (TPSA) is 161 Å². The number of carboxylic acids is 1. The van der Waals surface area contributed by atoms with Gasteiger partial charge in [-0.2, -0.15) is 0 Å². The molecule has 0 saturated carbocycles. The molecule has 278 valence electrons. The van der Waals surface area contributed by atoms with Crippen LogP contribution >= 0.6 is 0 Å². The number of hydrogen-bond donors (Lipinski definition) is 3. The van der Waals surface area contributed by atoms with Gasteiger partial charge in [0, 0.05) is 0 Å². The van der Waals surface area contributed by atoms with E-state index in [-0.39, 0.29) is 22.6 Å². The number of rotatable bonds is 8. The monoisotopic (exact) mass is 773 g/mol. The first kappa shape index (κ1) is 37.1. The van der Waals surface area contributed by atoms with Gasteiger partial charge in [0.2, 0.25) is 5.91 Å². The van der Waals surface area contributed by atoms with E-state index in [9.17, 15) is 31.5 Å². The first-order chi connectivity index (χ1) is 26.5. The van der Waals surface area contributed by atoms with Crippen molar-refractivity contribution in [3.05, 3.63) is 169 Å². The summed E-state index contributed by atoms with van der Waals surface area (Å²) in [7, 11) is -7.65. The maximum Gasteiger partial charge on any atom is 0.305 e. The van der Waals surface area contributed by atoms with E-state index >= 15 is 0 Å². The molecule has 6 aromatic rings. The van der Waals surface area contributed by atoms with Crippen LogP contribution in [0.2, 0.25) is 0 Å². The number of benzene rings is 6. The van der Waals surface area contributed by atoms with Crippen LogP contribution in [-0.4, -0.2) is 39.0 Å². The van der Waals surface area contributed by atoms with Crippen LogP contribution < -0.4 is 14.1 Å². The number of aliphatic carboxylic acids is 1. The molecular formula is C42H35N3O8S2. The molecule has 6 aromatic carbocycles. The second-order valence-corrected chi connectivity index (χ2v) is 16.4. The minimum atomic E-state index is -3.83. The maximum absolute atomic E-state index is 13.2. The zero-order valence-corrected chi connectivity index (χ0v) is 30.8. The molecule has 2 unspecified atom stereocenters. The fraction of sp³-hybridized carbons (Fsp3) is 0.0952. The van der Waals surface area contributed by atoms with E-state index in [4.69, 9.17) is 5.21 Å². The summed E-state index contributed by atoms with van der Waals surface area (Å²) < 4.78 is 55.3. The predicted octanol–water partition coefficient (Wildman–Crippen LogP) is 7.58. The van der Waals surface area contributed by atoms with Crippen LogP contribution in [0.1, 0.15) is 36.1 Å². The van der Waals surface area contributed by atoms with Crippen molar-refractivity contribution in [2.45, 2.75) is 34.7 Å². The molecule has 3 N–H and O–H groups in total. The first-order valence-electron chi connectivity index (χ1n) is 17.2. The Morgan fingerprint density at radius 3 is 1.24 bits per heavy atom. The molecule has 8 rings (SSSR count). The Bertz CT molecular complexity index is 2570. The number of nitrogens with zero attached hydrogens (tertiary/aromatic N) is 2. The molecule has 2 atom stereocenters. The number of fused-ring (bicyclic) bond motifs is 2. The number of hydrogen-bond acceptors (Lipinski definition) is 7. The molecule has 0 spiro atoms. The number of amides is 1. The lowest BCUT2D eigenvalue weighted by Crippen LogP contribution is -2.32. The molecule has 13 heteroatoms. The highest BCUT2D eigenvalue weighted by Gasteiger charge is 2.45. The summed E-state index contributed by atoms with van der Waals surface area (Å²) in [6.45, 7) is 0. The van der Waals surface area contributed by atoms with Gasteiger partial charge < -0.3 is 5.11 Å². The molecule has 0 aromatic heterocycles. The fourth-order valence-electron chi connectivity index (χ4n) is 7.07. The highest BCUT2D eigenvalue weighted by molar-refractivity contribution is 7.93. The third kappa shape index (κ3) is 7.20. The van der Waals surface area contributed by atoms with Crippen LogP contribution in [0.3, 0.4) is 0 Å². The highest BCUT2D eigenvalue weighted by Crippen LogP contribution is 2.47. The lowest BCUT2D eigenvalue weighted by atomic mass is 9.97. The summed E-state index contributed by atoms with van der Waals surface area (Å²) >= 11 is 0. The maximum atomic E-state index is 13.2. The van der Waals surface area contributed by atoms with Crippen LogP contribution in [0.25, 0.3) is 22.3 Å². The average molecular weight is 774 g/mol. The molecule has 2 aliphatic rings. The molecule has 0 bridgehead atoms. The van der Waals surface area contributed by atoms with Gasteiger partial charge in [0.1, 0.15) is 0 Å². The lowest BCUT2D eigenvalue weighted by Gasteiger charge is -2.25.